The smallest absolute Gasteiger partial charge is 0.243 e. The van der Waals surface area contributed by atoms with Crippen LogP contribution in [-0.2, 0) is 13.6 Å². The molecule has 1 rings (SSSR count). The Hall–Kier alpha value is -0.210. The minimum Gasteiger partial charge on any atom is -1.00 e. The lowest BCUT2D eigenvalue weighted by molar-refractivity contribution is -0.671. The van der Waals surface area contributed by atoms with Gasteiger partial charge in [-0.15, -0.1) is 11.6 Å². The van der Waals surface area contributed by atoms with Crippen LogP contribution < -0.4 is 17.0 Å². The minimum absolute atomic E-state index is 0. The van der Waals surface area contributed by atoms with E-state index in [1.165, 1.54) is 0 Å². The highest BCUT2D eigenvalue weighted by atomic mass is 35.5. The Bertz CT molecular complexity index is 223. The molecule has 0 bridgehead atoms. The fraction of sp³-hybridized carbons (Fsp3) is 0.625. The van der Waals surface area contributed by atoms with Crippen molar-refractivity contribution in [2.45, 2.75) is 25.3 Å². The van der Waals surface area contributed by atoms with E-state index in [0.29, 0.717) is 0 Å². The van der Waals surface area contributed by atoms with Gasteiger partial charge in [0.05, 0.1) is 12.4 Å². The van der Waals surface area contributed by atoms with E-state index >= 15 is 0 Å². The SMILES string of the molecule is CCC(Cl)Cn1cc[n+](C)c1.[Cl-]. The quantitative estimate of drug-likeness (QED) is 0.416. The maximum absolute atomic E-state index is 5.98. The Morgan fingerprint density at radius 1 is 1.58 bits per heavy atom. The van der Waals surface area contributed by atoms with Crippen LogP contribution in [0.2, 0.25) is 0 Å². The normalized spacial score (nSPS) is 12.2. The van der Waals surface area contributed by atoms with Gasteiger partial charge in [0.2, 0.25) is 6.33 Å². The molecule has 0 aliphatic rings. The van der Waals surface area contributed by atoms with Crippen LogP contribution in [0.15, 0.2) is 18.7 Å². The maximum Gasteiger partial charge on any atom is 0.243 e. The Kier molecular flexibility index (Phi) is 5.34. The van der Waals surface area contributed by atoms with Crippen molar-refractivity contribution in [1.82, 2.24) is 4.57 Å². The monoisotopic (exact) mass is 208 g/mol. The predicted octanol–water partition coefficient (Wildman–Crippen LogP) is -1.67. The maximum atomic E-state index is 5.98. The summed E-state index contributed by atoms with van der Waals surface area (Å²) in [7, 11) is 2.01. The summed E-state index contributed by atoms with van der Waals surface area (Å²) in [5, 5.41) is 0.252. The second-order valence-electron chi connectivity index (χ2n) is 2.78. The summed E-state index contributed by atoms with van der Waals surface area (Å²) in [5.41, 5.74) is 0. The highest BCUT2D eigenvalue weighted by molar-refractivity contribution is 6.20. The van der Waals surface area contributed by atoms with E-state index in [4.69, 9.17) is 11.6 Å². The van der Waals surface area contributed by atoms with E-state index in [0.717, 1.165) is 13.0 Å². The molecule has 0 amide bonds. The number of rotatable bonds is 3. The number of alkyl halides is 1. The Morgan fingerprint density at radius 2 is 2.25 bits per heavy atom. The number of imidazole rings is 1. The van der Waals surface area contributed by atoms with Crippen molar-refractivity contribution < 1.29 is 17.0 Å². The Balaban J connectivity index is 0.00000121. The van der Waals surface area contributed by atoms with Crippen LogP contribution in [0.5, 0.6) is 0 Å². The zero-order chi connectivity index (χ0) is 8.27. The molecule has 0 spiro atoms. The van der Waals surface area contributed by atoms with Crippen LogP contribution in [-0.4, -0.2) is 9.94 Å². The average Bonchev–Trinajstić information content (AvgIpc) is 2.35. The number of aryl methyl sites for hydroxylation is 1. The van der Waals surface area contributed by atoms with Crippen molar-refractivity contribution in [2.75, 3.05) is 0 Å². The summed E-state index contributed by atoms with van der Waals surface area (Å²) in [6.45, 7) is 3.00. The van der Waals surface area contributed by atoms with E-state index in [-0.39, 0.29) is 17.8 Å². The molecule has 1 atom stereocenters. The number of hydrogen-bond acceptors (Lipinski definition) is 0. The number of nitrogens with zero attached hydrogens (tertiary/aromatic N) is 2. The molecule has 0 aliphatic carbocycles. The summed E-state index contributed by atoms with van der Waals surface area (Å²) >= 11 is 5.98. The molecule has 1 aromatic rings. The second-order valence-corrected chi connectivity index (χ2v) is 3.40. The van der Waals surface area contributed by atoms with Gasteiger partial charge in [-0.3, -0.25) is 0 Å². The zero-order valence-electron chi connectivity index (χ0n) is 7.37. The molecule has 0 fully saturated rings. The van der Waals surface area contributed by atoms with E-state index in [1.807, 2.05) is 30.3 Å². The van der Waals surface area contributed by atoms with Crippen LogP contribution in [0.3, 0.4) is 0 Å². The van der Waals surface area contributed by atoms with E-state index in [1.54, 1.807) is 0 Å². The summed E-state index contributed by atoms with van der Waals surface area (Å²) in [5.74, 6) is 0. The van der Waals surface area contributed by atoms with Crippen LogP contribution in [0, 0.1) is 0 Å². The topological polar surface area (TPSA) is 8.81 Å². The highest BCUT2D eigenvalue weighted by Gasteiger charge is 2.06. The summed E-state index contributed by atoms with van der Waals surface area (Å²) in [6, 6.07) is 0. The van der Waals surface area contributed by atoms with Gasteiger partial charge in [0.1, 0.15) is 18.9 Å². The molecule has 70 valence electrons. The molecule has 0 aromatic carbocycles. The van der Waals surface area contributed by atoms with Gasteiger partial charge in [-0.2, -0.15) is 0 Å². The lowest BCUT2D eigenvalue weighted by Crippen LogP contribution is -3.00. The Morgan fingerprint density at radius 3 is 2.67 bits per heavy atom. The van der Waals surface area contributed by atoms with Gasteiger partial charge in [0.25, 0.3) is 0 Å². The van der Waals surface area contributed by atoms with Gasteiger partial charge < -0.3 is 12.4 Å². The van der Waals surface area contributed by atoms with E-state index in [9.17, 15) is 0 Å². The molecule has 0 aliphatic heterocycles. The number of aromatic nitrogens is 2. The number of hydrogen-bond donors (Lipinski definition) is 0. The van der Waals surface area contributed by atoms with Crippen LogP contribution >= 0.6 is 11.6 Å². The predicted molar refractivity (Wildman–Crippen MR) is 45.5 cm³/mol. The third-order valence-electron chi connectivity index (χ3n) is 1.68. The molecule has 1 heterocycles. The molecule has 0 saturated heterocycles. The van der Waals surface area contributed by atoms with Crippen molar-refractivity contribution in [3.63, 3.8) is 0 Å². The molecule has 4 heteroatoms. The molecular weight excluding hydrogens is 195 g/mol. The summed E-state index contributed by atoms with van der Waals surface area (Å²) in [4.78, 5) is 0. The van der Waals surface area contributed by atoms with Crippen LogP contribution in [0.4, 0.5) is 0 Å². The molecule has 1 unspecified atom stereocenters. The van der Waals surface area contributed by atoms with Crippen molar-refractivity contribution in [3.8, 4) is 0 Å². The van der Waals surface area contributed by atoms with Crippen molar-refractivity contribution in [3.05, 3.63) is 18.7 Å². The number of halogens is 2. The molecular formula is C8H14Cl2N2. The van der Waals surface area contributed by atoms with Crippen LogP contribution in [0.1, 0.15) is 13.3 Å². The molecule has 12 heavy (non-hydrogen) atoms. The molecule has 0 saturated carbocycles. The van der Waals surface area contributed by atoms with Gasteiger partial charge in [0, 0.05) is 0 Å². The van der Waals surface area contributed by atoms with Gasteiger partial charge in [-0.05, 0) is 6.42 Å². The van der Waals surface area contributed by atoms with Gasteiger partial charge in [-0.1, -0.05) is 6.92 Å². The van der Waals surface area contributed by atoms with Gasteiger partial charge in [0.15, 0.2) is 0 Å². The second kappa shape index (κ2) is 5.44. The highest BCUT2D eigenvalue weighted by Crippen LogP contribution is 2.03. The van der Waals surface area contributed by atoms with Gasteiger partial charge in [-0.25, -0.2) is 9.13 Å². The molecule has 2 nitrogen and oxygen atoms in total. The molecule has 0 radical (unpaired) electrons. The minimum atomic E-state index is 0. The lowest BCUT2D eigenvalue weighted by Gasteiger charge is -2.00. The van der Waals surface area contributed by atoms with E-state index < -0.39 is 0 Å². The summed E-state index contributed by atoms with van der Waals surface area (Å²) < 4.78 is 4.11. The fourth-order valence-corrected chi connectivity index (χ4v) is 1.13. The Labute approximate surface area is 84.6 Å². The first-order chi connectivity index (χ1) is 5.22. The standard InChI is InChI=1S/C8H14ClN2.ClH/c1-3-8(9)6-11-5-4-10(2)7-11;/h4-5,7-8H,3,6H2,1-2H3;1H/q+1;/p-1. The van der Waals surface area contributed by atoms with Crippen molar-refractivity contribution >= 4 is 11.6 Å². The average molecular weight is 209 g/mol. The van der Waals surface area contributed by atoms with Crippen molar-refractivity contribution in [2.24, 2.45) is 7.05 Å². The lowest BCUT2D eigenvalue weighted by atomic mass is 10.3. The zero-order valence-corrected chi connectivity index (χ0v) is 8.89. The first-order valence-corrected chi connectivity index (χ1v) is 4.31. The first-order valence-electron chi connectivity index (χ1n) is 3.87. The third-order valence-corrected chi connectivity index (χ3v) is 2.12. The molecule has 1 aromatic heterocycles. The first kappa shape index (κ1) is 11.8. The van der Waals surface area contributed by atoms with E-state index in [2.05, 4.69) is 11.5 Å². The summed E-state index contributed by atoms with van der Waals surface area (Å²) in [6.07, 6.45) is 7.10. The van der Waals surface area contributed by atoms with Gasteiger partial charge >= 0.3 is 0 Å². The fourth-order valence-electron chi connectivity index (χ4n) is 0.968. The third kappa shape index (κ3) is 3.46. The molecule has 0 N–H and O–H groups in total. The van der Waals surface area contributed by atoms with Crippen LogP contribution in [0.25, 0.3) is 0 Å². The largest absolute Gasteiger partial charge is 1.00 e. The van der Waals surface area contributed by atoms with Crippen molar-refractivity contribution in [1.29, 1.82) is 0 Å².